The van der Waals surface area contributed by atoms with Crippen LogP contribution in [0.3, 0.4) is 0 Å². The monoisotopic (exact) mass is 452 g/mol. The summed E-state index contributed by atoms with van der Waals surface area (Å²) < 4.78 is 13.4. The molecule has 0 radical (unpaired) electrons. The Hall–Kier alpha value is -2.73. The van der Waals surface area contributed by atoms with Crippen LogP contribution < -0.4 is 9.47 Å². The summed E-state index contributed by atoms with van der Waals surface area (Å²) in [5, 5.41) is 4.70. The highest BCUT2D eigenvalue weighted by molar-refractivity contribution is 7.99. The van der Waals surface area contributed by atoms with Gasteiger partial charge in [-0.1, -0.05) is 42.8 Å². The van der Waals surface area contributed by atoms with Gasteiger partial charge in [0.1, 0.15) is 5.75 Å². The Kier molecular flexibility index (Phi) is 7.67. The van der Waals surface area contributed by atoms with Crippen molar-refractivity contribution in [2.24, 2.45) is 0 Å². The van der Waals surface area contributed by atoms with Gasteiger partial charge in [0, 0.05) is 4.90 Å². The average molecular weight is 453 g/mol. The largest absolute Gasteiger partial charge is 0.494 e. The molecule has 0 bridgehead atoms. The zero-order chi connectivity index (χ0) is 23.3. The molecule has 3 rings (SSSR count). The number of aryl methyl sites for hydroxylation is 2. The van der Waals surface area contributed by atoms with Crippen molar-refractivity contribution in [1.82, 2.24) is 9.78 Å². The molecule has 0 aliphatic carbocycles. The lowest BCUT2D eigenvalue weighted by Gasteiger charge is -2.22. The molecule has 2 aromatic carbocycles. The van der Waals surface area contributed by atoms with Gasteiger partial charge in [0.2, 0.25) is 5.88 Å². The van der Waals surface area contributed by atoms with Gasteiger partial charge in [-0.05, 0) is 77.4 Å². The molecule has 0 atom stereocenters. The summed E-state index contributed by atoms with van der Waals surface area (Å²) in [5.41, 5.74) is 2.15. The number of ether oxygens (including phenoxy) is 2. The Labute approximate surface area is 195 Å². The standard InChI is InChI=1S/C26H32N2O3S/c1-7-8-17-30-21-13-11-20(12-14-21)25(29)31-24-23(19(3)27-28(24)26(4,5)6)32-22-15-9-18(2)10-16-22/h9-16H,7-8,17H2,1-6H3. The summed E-state index contributed by atoms with van der Waals surface area (Å²) in [6.45, 7) is 12.9. The minimum absolute atomic E-state index is 0.344. The fourth-order valence-corrected chi connectivity index (χ4v) is 3.96. The van der Waals surface area contributed by atoms with Crippen LogP contribution in [0.1, 0.15) is 62.2 Å². The normalized spacial score (nSPS) is 11.4. The molecule has 1 aromatic heterocycles. The number of aromatic nitrogens is 2. The van der Waals surface area contributed by atoms with Crippen molar-refractivity contribution in [3.8, 4) is 11.6 Å². The molecule has 32 heavy (non-hydrogen) atoms. The summed E-state index contributed by atoms with van der Waals surface area (Å²) in [7, 11) is 0. The van der Waals surface area contributed by atoms with Gasteiger partial charge >= 0.3 is 5.97 Å². The number of hydrogen-bond acceptors (Lipinski definition) is 5. The zero-order valence-corrected chi connectivity index (χ0v) is 20.6. The highest BCUT2D eigenvalue weighted by atomic mass is 32.2. The zero-order valence-electron chi connectivity index (χ0n) is 19.8. The maximum absolute atomic E-state index is 13.0. The molecule has 3 aromatic rings. The Morgan fingerprint density at radius 2 is 1.69 bits per heavy atom. The Morgan fingerprint density at radius 1 is 1.03 bits per heavy atom. The van der Waals surface area contributed by atoms with Crippen LogP contribution in [0.2, 0.25) is 0 Å². The van der Waals surface area contributed by atoms with Crippen molar-refractivity contribution in [3.05, 3.63) is 65.4 Å². The van der Waals surface area contributed by atoms with Crippen molar-refractivity contribution in [2.75, 3.05) is 6.61 Å². The first-order valence-corrected chi connectivity index (χ1v) is 11.8. The highest BCUT2D eigenvalue weighted by Crippen LogP contribution is 2.40. The molecule has 6 heteroatoms. The van der Waals surface area contributed by atoms with Crippen LogP contribution in [0.25, 0.3) is 0 Å². The van der Waals surface area contributed by atoms with Crippen molar-refractivity contribution < 1.29 is 14.3 Å². The van der Waals surface area contributed by atoms with Crippen LogP contribution in [0.4, 0.5) is 0 Å². The van der Waals surface area contributed by atoms with E-state index in [0.717, 1.165) is 34.1 Å². The predicted octanol–water partition coefficient (Wildman–Crippen LogP) is 6.80. The van der Waals surface area contributed by atoms with Crippen LogP contribution in [-0.4, -0.2) is 22.4 Å². The maximum atomic E-state index is 13.0. The second-order valence-corrected chi connectivity index (χ2v) is 9.92. The van der Waals surface area contributed by atoms with E-state index in [1.807, 2.05) is 27.7 Å². The van der Waals surface area contributed by atoms with Crippen LogP contribution in [0.5, 0.6) is 11.6 Å². The Morgan fingerprint density at radius 3 is 2.28 bits per heavy atom. The molecule has 0 N–H and O–H groups in total. The van der Waals surface area contributed by atoms with E-state index >= 15 is 0 Å². The number of esters is 1. The van der Waals surface area contributed by atoms with E-state index in [0.29, 0.717) is 18.1 Å². The topological polar surface area (TPSA) is 53.4 Å². The van der Waals surface area contributed by atoms with Gasteiger partial charge in [-0.15, -0.1) is 0 Å². The SMILES string of the molecule is CCCCOc1ccc(C(=O)Oc2c(Sc3ccc(C)cc3)c(C)nn2C(C)(C)C)cc1. The number of carbonyl (C=O) groups excluding carboxylic acids is 1. The van der Waals surface area contributed by atoms with E-state index in [4.69, 9.17) is 14.6 Å². The molecular weight excluding hydrogens is 420 g/mol. The molecule has 0 saturated heterocycles. The van der Waals surface area contributed by atoms with Gasteiger partial charge in [-0.2, -0.15) is 5.10 Å². The van der Waals surface area contributed by atoms with Crippen molar-refractivity contribution in [3.63, 3.8) is 0 Å². The fourth-order valence-electron chi connectivity index (χ4n) is 3.05. The van der Waals surface area contributed by atoms with Gasteiger partial charge in [0.15, 0.2) is 0 Å². The minimum atomic E-state index is -0.415. The molecule has 0 fully saturated rings. The van der Waals surface area contributed by atoms with E-state index < -0.39 is 5.97 Å². The molecule has 5 nitrogen and oxygen atoms in total. The van der Waals surface area contributed by atoms with E-state index in [1.165, 1.54) is 5.56 Å². The summed E-state index contributed by atoms with van der Waals surface area (Å²) >= 11 is 1.56. The van der Waals surface area contributed by atoms with Crippen molar-refractivity contribution in [2.45, 2.75) is 69.7 Å². The van der Waals surface area contributed by atoms with E-state index in [9.17, 15) is 4.79 Å². The molecule has 0 aliphatic rings. The second kappa shape index (κ2) is 10.3. The second-order valence-electron chi connectivity index (χ2n) is 8.83. The first-order valence-electron chi connectivity index (χ1n) is 11.0. The first-order chi connectivity index (χ1) is 15.2. The third kappa shape index (κ3) is 5.94. The smallest absolute Gasteiger partial charge is 0.344 e. The van der Waals surface area contributed by atoms with Gasteiger partial charge in [-0.3, -0.25) is 0 Å². The number of benzene rings is 2. The van der Waals surface area contributed by atoms with E-state index in [-0.39, 0.29) is 5.54 Å². The summed E-state index contributed by atoms with van der Waals surface area (Å²) in [4.78, 5) is 14.9. The molecule has 0 saturated carbocycles. The molecule has 0 amide bonds. The predicted molar refractivity (Wildman–Crippen MR) is 129 cm³/mol. The van der Waals surface area contributed by atoms with Crippen LogP contribution in [0.15, 0.2) is 58.3 Å². The maximum Gasteiger partial charge on any atom is 0.344 e. The lowest BCUT2D eigenvalue weighted by atomic mass is 10.1. The highest BCUT2D eigenvalue weighted by Gasteiger charge is 2.27. The van der Waals surface area contributed by atoms with Gasteiger partial charge in [0.05, 0.1) is 28.3 Å². The summed E-state index contributed by atoms with van der Waals surface area (Å²) in [6.07, 6.45) is 2.08. The van der Waals surface area contributed by atoms with Crippen molar-refractivity contribution >= 4 is 17.7 Å². The Bertz CT molecular complexity index is 1050. The summed E-state index contributed by atoms with van der Waals surface area (Å²) in [5.74, 6) is 0.802. The number of unbranched alkanes of at least 4 members (excludes halogenated alkanes) is 1. The molecular formula is C26H32N2O3S. The third-order valence-corrected chi connectivity index (χ3v) is 6.07. The quantitative estimate of drug-likeness (QED) is 0.278. The lowest BCUT2D eigenvalue weighted by molar-refractivity contribution is 0.0704. The van der Waals surface area contributed by atoms with E-state index in [2.05, 4.69) is 38.1 Å². The van der Waals surface area contributed by atoms with E-state index in [1.54, 1.807) is 40.7 Å². The fraction of sp³-hybridized carbons (Fsp3) is 0.385. The van der Waals surface area contributed by atoms with Crippen LogP contribution in [0, 0.1) is 13.8 Å². The number of carbonyl (C=O) groups is 1. The lowest BCUT2D eigenvalue weighted by Crippen LogP contribution is -2.25. The Balaban J connectivity index is 1.86. The number of hydrogen-bond donors (Lipinski definition) is 0. The molecule has 170 valence electrons. The molecule has 0 unspecified atom stereocenters. The molecule has 1 heterocycles. The number of rotatable bonds is 8. The minimum Gasteiger partial charge on any atom is -0.494 e. The van der Waals surface area contributed by atoms with Crippen molar-refractivity contribution in [1.29, 1.82) is 0 Å². The molecule has 0 aliphatic heterocycles. The first kappa shape index (κ1) is 23.9. The number of nitrogens with zero attached hydrogens (tertiary/aromatic N) is 2. The van der Waals surface area contributed by atoms with Gasteiger partial charge in [0.25, 0.3) is 0 Å². The van der Waals surface area contributed by atoms with Gasteiger partial charge < -0.3 is 9.47 Å². The molecule has 0 spiro atoms. The van der Waals surface area contributed by atoms with Gasteiger partial charge in [-0.25, -0.2) is 9.48 Å². The summed E-state index contributed by atoms with van der Waals surface area (Å²) in [6, 6.07) is 15.4. The third-order valence-electron chi connectivity index (χ3n) is 4.89. The van der Waals surface area contributed by atoms with Crippen LogP contribution >= 0.6 is 11.8 Å². The van der Waals surface area contributed by atoms with Crippen LogP contribution in [-0.2, 0) is 5.54 Å². The average Bonchev–Trinajstić information content (AvgIpc) is 3.06.